The lowest BCUT2D eigenvalue weighted by atomic mass is 10.2. The lowest BCUT2D eigenvalue weighted by molar-refractivity contribution is 1.13. The van der Waals surface area contributed by atoms with Crippen LogP contribution in [-0.4, -0.2) is 0 Å². The Hall–Kier alpha value is -0.510. The molecule has 0 spiro atoms. The van der Waals surface area contributed by atoms with Crippen molar-refractivity contribution in [3.63, 3.8) is 0 Å². The fraction of sp³-hybridized carbons (Fsp3) is 0.143. The Bertz CT molecular complexity index is 570. The monoisotopic (exact) mass is 387 g/mol. The summed E-state index contributed by atoms with van der Waals surface area (Å²) in [5.74, 6) is 0. The van der Waals surface area contributed by atoms with Crippen LogP contribution >= 0.6 is 43.5 Å². The van der Waals surface area contributed by atoms with E-state index in [2.05, 4.69) is 56.2 Å². The van der Waals surface area contributed by atoms with Gasteiger partial charge >= 0.3 is 0 Å². The van der Waals surface area contributed by atoms with Crippen molar-refractivity contribution in [1.82, 2.24) is 0 Å². The number of hydrogen-bond acceptors (Lipinski definition) is 1. The highest BCUT2D eigenvalue weighted by molar-refractivity contribution is 9.13. The van der Waals surface area contributed by atoms with Crippen LogP contribution in [0.1, 0.15) is 11.1 Å². The highest BCUT2D eigenvalue weighted by atomic mass is 79.9. The summed E-state index contributed by atoms with van der Waals surface area (Å²) in [7, 11) is 0. The second kappa shape index (κ2) is 6.09. The molecule has 2 rings (SSSR count). The Morgan fingerprint density at radius 1 is 1.06 bits per heavy atom. The SMILES string of the molecule is Cc1ccc(Cl)cc1NCc1ccc(Br)c(Br)c1. The first-order chi connectivity index (χ1) is 8.56. The van der Waals surface area contributed by atoms with Crippen LogP contribution in [0.3, 0.4) is 0 Å². The third-order valence-electron chi connectivity index (χ3n) is 2.67. The number of benzene rings is 2. The molecule has 18 heavy (non-hydrogen) atoms. The summed E-state index contributed by atoms with van der Waals surface area (Å²) in [5.41, 5.74) is 3.47. The van der Waals surface area contributed by atoms with Crippen molar-refractivity contribution in [2.24, 2.45) is 0 Å². The number of rotatable bonds is 3. The molecule has 2 aromatic carbocycles. The predicted molar refractivity (Wildman–Crippen MR) is 85.4 cm³/mol. The minimum atomic E-state index is 0.750. The summed E-state index contributed by atoms with van der Waals surface area (Å²) in [6.45, 7) is 2.84. The van der Waals surface area contributed by atoms with E-state index in [-0.39, 0.29) is 0 Å². The standard InChI is InChI=1S/C14H12Br2ClN/c1-9-2-4-11(17)7-14(9)18-8-10-3-5-12(15)13(16)6-10/h2-7,18H,8H2,1H3. The molecule has 0 unspecified atom stereocenters. The van der Waals surface area contributed by atoms with Gasteiger partial charge in [0.05, 0.1) is 0 Å². The van der Waals surface area contributed by atoms with Crippen molar-refractivity contribution in [1.29, 1.82) is 0 Å². The molecule has 0 fully saturated rings. The topological polar surface area (TPSA) is 12.0 Å². The fourth-order valence-electron chi connectivity index (χ4n) is 1.63. The Morgan fingerprint density at radius 2 is 1.83 bits per heavy atom. The minimum absolute atomic E-state index is 0.750. The summed E-state index contributed by atoms with van der Waals surface area (Å²) in [4.78, 5) is 0. The molecule has 0 saturated carbocycles. The average Bonchev–Trinajstić information content (AvgIpc) is 2.34. The molecular weight excluding hydrogens is 377 g/mol. The average molecular weight is 390 g/mol. The molecule has 0 heterocycles. The summed E-state index contributed by atoms with van der Waals surface area (Å²) in [5, 5.41) is 4.15. The van der Waals surface area contributed by atoms with Gasteiger partial charge in [-0.15, -0.1) is 0 Å². The molecular formula is C14H12Br2ClN. The molecule has 0 aliphatic heterocycles. The Balaban J connectivity index is 2.11. The molecule has 0 aromatic heterocycles. The number of anilines is 1. The predicted octanol–water partition coefficient (Wildman–Crippen LogP) is 5.79. The van der Waals surface area contributed by atoms with Crippen LogP contribution in [-0.2, 0) is 6.54 Å². The van der Waals surface area contributed by atoms with Crippen LogP contribution < -0.4 is 5.32 Å². The first kappa shape index (κ1) is 13.9. The molecule has 0 aliphatic rings. The van der Waals surface area contributed by atoms with Crippen molar-refractivity contribution in [3.05, 3.63) is 61.5 Å². The Labute approximate surface area is 129 Å². The zero-order chi connectivity index (χ0) is 13.1. The van der Waals surface area contributed by atoms with Gasteiger partial charge in [0.1, 0.15) is 0 Å². The molecule has 0 amide bonds. The number of nitrogens with one attached hydrogen (secondary N) is 1. The molecule has 0 radical (unpaired) electrons. The van der Waals surface area contributed by atoms with Gasteiger partial charge in [-0.25, -0.2) is 0 Å². The van der Waals surface area contributed by atoms with Crippen LogP contribution in [0, 0.1) is 6.92 Å². The van der Waals surface area contributed by atoms with Crippen LogP contribution in [0.25, 0.3) is 0 Å². The van der Waals surface area contributed by atoms with E-state index in [0.717, 1.165) is 26.2 Å². The van der Waals surface area contributed by atoms with E-state index in [1.165, 1.54) is 11.1 Å². The molecule has 0 atom stereocenters. The lowest BCUT2D eigenvalue weighted by Gasteiger charge is -2.10. The zero-order valence-corrected chi connectivity index (χ0v) is 13.7. The van der Waals surface area contributed by atoms with Gasteiger partial charge in [-0.05, 0) is 74.2 Å². The van der Waals surface area contributed by atoms with Gasteiger partial charge in [0.15, 0.2) is 0 Å². The first-order valence-electron chi connectivity index (χ1n) is 5.50. The van der Waals surface area contributed by atoms with Gasteiger partial charge in [0.25, 0.3) is 0 Å². The largest absolute Gasteiger partial charge is 0.381 e. The molecule has 0 saturated heterocycles. The van der Waals surface area contributed by atoms with Crippen molar-refractivity contribution in [2.45, 2.75) is 13.5 Å². The number of aryl methyl sites for hydroxylation is 1. The first-order valence-corrected chi connectivity index (χ1v) is 7.46. The molecule has 4 heteroatoms. The highest BCUT2D eigenvalue weighted by Crippen LogP contribution is 2.25. The van der Waals surface area contributed by atoms with E-state index in [4.69, 9.17) is 11.6 Å². The van der Waals surface area contributed by atoms with Gasteiger partial charge in [-0.3, -0.25) is 0 Å². The fourth-order valence-corrected chi connectivity index (χ4v) is 2.48. The van der Waals surface area contributed by atoms with E-state index in [0.29, 0.717) is 0 Å². The maximum atomic E-state index is 5.99. The molecule has 1 nitrogen and oxygen atoms in total. The van der Waals surface area contributed by atoms with Crippen LogP contribution in [0.4, 0.5) is 5.69 Å². The number of hydrogen-bond donors (Lipinski definition) is 1. The van der Waals surface area contributed by atoms with Gasteiger partial charge in [0, 0.05) is 26.2 Å². The van der Waals surface area contributed by atoms with Gasteiger partial charge in [0.2, 0.25) is 0 Å². The zero-order valence-electron chi connectivity index (χ0n) is 9.81. The van der Waals surface area contributed by atoms with E-state index < -0.39 is 0 Å². The third kappa shape index (κ3) is 3.50. The van der Waals surface area contributed by atoms with Crippen molar-refractivity contribution in [3.8, 4) is 0 Å². The molecule has 2 aromatic rings. The van der Waals surface area contributed by atoms with Gasteiger partial charge in [-0.1, -0.05) is 23.7 Å². The second-order valence-corrected chi connectivity index (χ2v) is 6.21. The van der Waals surface area contributed by atoms with Gasteiger partial charge < -0.3 is 5.32 Å². The lowest BCUT2D eigenvalue weighted by Crippen LogP contribution is -2.01. The summed E-state index contributed by atoms with van der Waals surface area (Å²) < 4.78 is 2.12. The van der Waals surface area contributed by atoms with Crippen LogP contribution in [0.2, 0.25) is 5.02 Å². The maximum Gasteiger partial charge on any atom is 0.0426 e. The molecule has 0 aliphatic carbocycles. The normalized spacial score (nSPS) is 10.4. The van der Waals surface area contributed by atoms with Crippen LogP contribution in [0.5, 0.6) is 0 Å². The smallest absolute Gasteiger partial charge is 0.0426 e. The van der Waals surface area contributed by atoms with Crippen molar-refractivity contribution in [2.75, 3.05) is 5.32 Å². The molecule has 1 N–H and O–H groups in total. The maximum absolute atomic E-state index is 5.99. The van der Waals surface area contributed by atoms with E-state index in [1.807, 2.05) is 24.3 Å². The summed E-state index contributed by atoms with van der Waals surface area (Å²) >= 11 is 13.0. The van der Waals surface area contributed by atoms with E-state index in [1.54, 1.807) is 0 Å². The van der Waals surface area contributed by atoms with E-state index >= 15 is 0 Å². The molecule has 94 valence electrons. The Morgan fingerprint density at radius 3 is 2.56 bits per heavy atom. The molecule has 0 bridgehead atoms. The minimum Gasteiger partial charge on any atom is -0.381 e. The Kier molecular flexibility index (Phi) is 4.71. The van der Waals surface area contributed by atoms with Crippen LogP contribution in [0.15, 0.2) is 45.3 Å². The van der Waals surface area contributed by atoms with Crippen molar-refractivity contribution >= 4 is 49.1 Å². The van der Waals surface area contributed by atoms with Crippen molar-refractivity contribution < 1.29 is 0 Å². The van der Waals surface area contributed by atoms with E-state index in [9.17, 15) is 0 Å². The highest BCUT2D eigenvalue weighted by Gasteiger charge is 2.01. The number of halogens is 3. The summed E-state index contributed by atoms with van der Waals surface area (Å²) in [6, 6.07) is 12.1. The second-order valence-electron chi connectivity index (χ2n) is 4.06. The van der Waals surface area contributed by atoms with Gasteiger partial charge in [-0.2, -0.15) is 0 Å². The quantitative estimate of drug-likeness (QED) is 0.701. The summed E-state index contributed by atoms with van der Waals surface area (Å²) in [6.07, 6.45) is 0. The third-order valence-corrected chi connectivity index (χ3v) is 4.78.